The van der Waals surface area contributed by atoms with Crippen LogP contribution in [0.5, 0.6) is 0 Å². The molecule has 8 heteroatoms. The Hall–Kier alpha value is -3.26. The second-order valence-corrected chi connectivity index (χ2v) is 7.65. The number of rotatable bonds is 6. The van der Waals surface area contributed by atoms with Gasteiger partial charge in [-0.2, -0.15) is 0 Å². The number of benzene rings is 1. The number of nitrogens with one attached hydrogen (secondary N) is 1. The minimum atomic E-state index is -0.292. The second-order valence-electron chi connectivity index (χ2n) is 7.65. The number of anilines is 2. The largest absolute Gasteiger partial charge is 0.354 e. The van der Waals surface area contributed by atoms with Crippen LogP contribution in [0.15, 0.2) is 42.6 Å². The maximum atomic E-state index is 12.3. The summed E-state index contributed by atoms with van der Waals surface area (Å²) in [7, 11) is 2.11. The molecule has 1 N–H and O–H groups in total. The van der Waals surface area contributed by atoms with Gasteiger partial charge in [-0.25, -0.2) is 4.98 Å². The third-order valence-corrected chi connectivity index (χ3v) is 5.52. The van der Waals surface area contributed by atoms with Crippen LogP contribution in [0.2, 0.25) is 0 Å². The lowest BCUT2D eigenvalue weighted by molar-refractivity contribution is -0.116. The molecule has 0 spiro atoms. The summed E-state index contributed by atoms with van der Waals surface area (Å²) in [5.74, 6) is 0.159. The van der Waals surface area contributed by atoms with E-state index < -0.39 is 0 Å². The number of aromatic nitrogens is 1. The Balaban J connectivity index is 1.25. The maximum Gasteiger partial charge on any atom is 0.261 e. The van der Waals surface area contributed by atoms with Gasteiger partial charge in [0.15, 0.2) is 0 Å². The molecule has 2 aromatic rings. The van der Waals surface area contributed by atoms with E-state index in [0.717, 1.165) is 32.0 Å². The van der Waals surface area contributed by atoms with Gasteiger partial charge >= 0.3 is 0 Å². The number of piperazine rings is 1. The summed E-state index contributed by atoms with van der Waals surface area (Å²) in [5, 5.41) is 2.83. The number of carbonyl (C=O) groups excluding carboxylic acids is 3. The average molecular weight is 407 g/mol. The van der Waals surface area contributed by atoms with Crippen molar-refractivity contribution in [3.05, 3.63) is 53.7 Å². The zero-order valence-corrected chi connectivity index (χ0v) is 17.0. The molecule has 1 aromatic carbocycles. The summed E-state index contributed by atoms with van der Waals surface area (Å²) >= 11 is 0. The van der Waals surface area contributed by atoms with E-state index in [0.29, 0.717) is 23.2 Å². The van der Waals surface area contributed by atoms with Gasteiger partial charge in [-0.1, -0.05) is 12.1 Å². The van der Waals surface area contributed by atoms with Crippen LogP contribution >= 0.6 is 0 Å². The third kappa shape index (κ3) is 4.18. The Labute approximate surface area is 175 Å². The molecule has 1 fully saturated rings. The van der Waals surface area contributed by atoms with Gasteiger partial charge in [-0.3, -0.25) is 19.3 Å². The van der Waals surface area contributed by atoms with Crippen LogP contribution in [-0.2, 0) is 4.79 Å². The summed E-state index contributed by atoms with van der Waals surface area (Å²) in [6.45, 7) is 4.11. The molecule has 156 valence electrons. The van der Waals surface area contributed by atoms with Gasteiger partial charge < -0.3 is 15.1 Å². The highest BCUT2D eigenvalue weighted by Gasteiger charge is 2.34. The molecular formula is C22H25N5O3. The highest BCUT2D eigenvalue weighted by atomic mass is 16.2. The molecule has 1 aromatic heterocycles. The first-order valence-electron chi connectivity index (χ1n) is 10.2. The Bertz CT molecular complexity index is 917. The average Bonchev–Trinajstić information content (AvgIpc) is 3.00. The van der Waals surface area contributed by atoms with Crippen molar-refractivity contribution in [2.24, 2.45) is 0 Å². The minimum absolute atomic E-state index is 0.166. The molecule has 8 nitrogen and oxygen atoms in total. The van der Waals surface area contributed by atoms with E-state index in [9.17, 15) is 14.4 Å². The highest BCUT2D eigenvalue weighted by Crippen LogP contribution is 2.23. The second kappa shape index (κ2) is 8.62. The van der Waals surface area contributed by atoms with Gasteiger partial charge in [-0.15, -0.1) is 0 Å². The number of amides is 3. The molecule has 1 saturated heterocycles. The molecule has 0 atom stereocenters. The smallest absolute Gasteiger partial charge is 0.261 e. The Kier molecular flexibility index (Phi) is 5.76. The Morgan fingerprint density at radius 3 is 2.27 bits per heavy atom. The van der Waals surface area contributed by atoms with Crippen LogP contribution in [-0.4, -0.2) is 72.3 Å². The summed E-state index contributed by atoms with van der Waals surface area (Å²) < 4.78 is 0. The number of hydrogen-bond donors (Lipinski definition) is 1. The van der Waals surface area contributed by atoms with Gasteiger partial charge in [-0.05, 0) is 37.7 Å². The zero-order valence-electron chi connectivity index (χ0n) is 17.0. The number of carbonyl (C=O) groups is 3. The molecular weight excluding hydrogens is 382 g/mol. The summed E-state index contributed by atoms with van der Waals surface area (Å²) in [5.41, 5.74) is 1.50. The number of likely N-dealkylation sites (N-methyl/N-ethyl adjacent to an activating group) is 1. The highest BCUT2D eigenvalue weighted by molar-refractivity contribution is 6.21. The summed E-state index contributed by atoms with van der Waals surface area (Å²) in [6, 6.07) is 10.6. The van der Waals surface area contributed by atoms with Crippen molar-refractivity contribution in [3.8, 4) is 0 Å². The monoisotopic (exact) mass is 407 g/mol. The number of pyridine rings is 1. The maximum absolute atomic E-state index is 12.3. The standard InChI is InChI=1S/C22H25N5O3/c1-25-11-13-26(14-12-25)19-9-8-16(15-23-19)24-20(28)7-4-10-27-21(29)17-5-2-3-6-18(17)22(27)30/h2-3,5-6,8-9,15H,4,7,10-14H2,1H3,(H,24,28). The normalized spacial score (nSPS) is 16.7. The van der Waals surface area contributed by atoms with E-state index >= 15 is 0 Å². The molecule has 0 saturated carbocycles. The first-order chi connectivity index (χ1) is 14.5. The van der Waals surface area contributed by atoms with E-state index in [1.807, 2.05) is 12.1 Å². The number of fused-ring (bicyclic) bond motifs is 1. The SMILES string of the molecule is CN1CCN(c2ccc(NC(=O)CCCN3C(=O)c4ccccc4C3=O)cn2)CC1. The molecule has 2 aliphatic rings. The first kappa shape index (κ1) is 20.0. The van der Waals surface area contributed by atoms with Crippen molar-refractivity contribution in [2.45, 2.75) is 12.8 Å². The van der Waals surface area contributed by atoms with E-state index in [1.165, 1.54) is 4.90 Å². The lowest BCUT2D eigenvalue weighted by Gasteiger charge is -2.33. The van der Waals surface area contributed by atoms with Crippen LogP contribution in [0.4, 0.5) is 11.5 Å². The van der Waals surface area contributed by atoms with Crippen LogP contribution in [0.1, 0.15) is 33.6 Å². The molecule has 4 rings (SSSR count). The van der Waals surface area contributed by atoms with Gasteiger partial charge in [0.1, 0.15) is 5.82 Å². The predicted molar refractivity (Wildman–Crippen MR) is 114 cm³/mol. The molecule has 30 heavy (non-hydrogen) atoms. The summed E-state index contributed by atoms with van der Waals surface area (Å²) in [4.78, 5) is 47.1. The van der Waals surface area contributed by atoms with E-state index in [-0.39, 0.29) is 30.7 Å². The quantitative estimate of drug-likeness (QED) is 0.736. The van der Waals surface area contributed by atoms with Crippen LogP contribution in [0.3, 0.4) is 0 Å². The summed E-state index contributed by atoms with van der Waals surface area (Å²) in [6.07, 6.45) is 2.29. The third-order valence-electron chi connectivity index (χ3n) is 5.52. The lowest BCUT2D eigenvalue weighted by atomic mass is 10.1. The van der Waals surface area contributed by atoms with Crippen molar-refractivity contribution in [1.82, 2.24) is 14.8 Å². The molecule has 3 heterocycles. The van der Waals surface area contributed by atoms with Gasteiger partial charge in [0.05, 0.1) is 23.0 Å². The van der Waals surface area contributed by atoms with Crippen LogP contribution in [0.25, 0.3) is 0 Å². The predicted octanol–water partition coefficient (Wildman–Crippen LogP) is 1.85. The van der Waals surface area contributed by atoms with Crippen molar-refractivity contribution < 1.29 is 14.4 Å². The van der Waals surface area contributed by atoms with Gasteiger partial charge in [0, 0.05) is 39.1 Å². The Morgan fingerprint density at radius 1 is 1.00 bits per heavy atom. The molecule has 3 amide bonds. The number of nitrogens with zero attached hydrogens (tertiary/aromatic N) is 4. The zero-order chi connectivity index (χ0) is 21.1. The van der Waals surface area contributed by atoms with Crippen LogP contribution < -0.4 is 10.2 Å². The molecule has 0 bridgehead atoms. The topological polar surface area (TPSA) is 85.9 Å². The van der Waals surface area contributed by atoms with E-state index in [4.69, 9.17) is 0 Å². The van der Waals surface area contributed by atoms with Crippen molar-refractivity contribution >= 4 is 29.2 Å². The Morgan fingerprint density at radius 2 is 1.67 bits per heavy atom. The van der Waals surface area contributed by atoms with E-state index in [2.05, 4.69) is 27.1 Å². The molecule has 0 aliphatic carbocycles. The van der Waals surface area contributed by atoms with Crippen molar-refractivity contribution in [2.75, 3.05) is 50.0 Å². The van der Waals surface area contributed by atoms with Gasteiger partial charge in [0.25, 0.3) is 11.8 Å². The van der Waals surface area contributed by atoms with E-state index in [1.54, 1.807) is 30.5 Å². The lowest BCUT2D eigenvalue weighted by Crippen LogP contribution is -2.44. The molecule has 0 radical (unpaired) electrons. The van der Waals surface area contributed by atoms with Crippen molar-refractivity contribution in [3.63, 3.8) is 0 Å². The fourth-order valence-electron chi connectivity index (χ4n) is 3.75. The fraction of sp³-hybridized carbons (Fsp3) is 0.364. The first-order valence-corrected chi connectivity index (χ1v) is 10.2. The van der Waals surface area contributed by atoms with Crippen molar-refractivity contribution in [1.29, 1.82) is 0 Å². The van der Waals surface area contributed by atoms with Crippen LogP contribution in [0, 0.1) is 0 Å². The van der Waals surface area contributed by atoms with Gasteiger partial charge in [0.2, 0.25) is 5.91 Å². The molecule has 2 aliphatic heterocycles. The number of hydrogen-bond acceptors (Lipinski definition) is 6. The number of imide groups is 1. The fourth-order valence-corrected chi connectivity index (χ4v) is 3.75. The minimum Gasteiger partial charge on any atom is -0.354 e. The molecule has 0 unspecified atom stereocenters.